The lowest BCUT2D eigenvalue weighted by Gasteiger charge is -2.34. The number of piperazine rings is 1. The third-order valence-corrected chi connectivity index (χ3v) is 4.94. The molecule has 4 rings (SSSR count). The van der Waals surface area contributed by atoms with E-state index in [1.165, 1.54) is 12.0 Å². The summed E-state index contributed by atoms with van der Waals surface area (Å²) < 4.78 is 0. The zero-order valence-corrected chi connectivity index (χ0v) is 16.4. The van der Waals surface area contributed by atoms with Crippen molar-refractivity contribution in [3.8, 4) is 0 Å². The van der Waals surface area contributed by atoms with E-state index in [0.717, 1.165) is 37.6 Å². The second-order valence-electron chi connectivity index (χ2n) is 7.07. The third kappa shape index (κ3) is 4.89. The molecule has 7 heteroatoms. The average Bonchev–Trinajstić information content (AvgIpc) is 2.76. The predicted octanol–water partition coefficient (Wildman–Crippen LogP) is 3.22. The van der Waals surface area contributed by atoms with Crippen LogP contribution in [0.15, 0.2) is 67.0 Å². The summed E-state index contributed by atoms with van der Waals surface area (Å²) in [5, 5.41) is 6.07. The van der Waals surface area contributed by atoms with Crippen LogP contribution in [-0.2, 0) is 0 Å². The molecule has 0 radical (unpaired) electrons. The molecule has 2 heterocycles. The fourth-order valence-electron chi connectivity index (χ4n) is 3.23. The maximum absolute atomic E-state index is 12.6. The maximum Gasteiger partial charge on any atom is 0.274 e. The van der Waals surface area contributed by atoms with Gasteiger partial charge in [0.2, 0.25) is 0 Å². The van der Waals surface area contributed by atoms with E-state index in [1.807, 2.05) is 54.6 Å². The number of anilines is 4. The molecule has 3 aromatic rings. The van der Waals surface area contributed by atoms with Gasteiger partial charge in [0.05, 0.1) is 0 Å². The molecule has 1 amide bonds. The first-order valence-corrected chi connectivity index (χ1v) is 9.66. The lowest BCUT2D eigenvalue weighted by Crippen LogP contribution is -2.44. The van der Waals surface area contributed by atoms with Crippen molar-refractivity contribution < 1.29 is 4.79 Å². The number of nitrogens with zero attached hydrogens (tertiary/aromatic N) is 4. The van der Waals surface area contributed by atoms with Gasteiger partial charge in [0.1, 0.15) is 17.8 Å². The summed E-state index contributed by atoms with van der Waals surface area (Å²) in [6, 6.07) is 19.3. The first-order chi connectivity index (χ1) is 14.2. The first-order valence-electron chi connectivity index (χ1n) is 9.66. The smallest absolute Gasteiger partial charge is 0.274 e. The molecule has 0 spiro atoms. The minimum Gasteiger partial charge on any atom is -0.369 e. The van der Waals surface area contributed by atoms with Crippen molar-refractivity contribution >= 4 is 28.8 Å². The van der Waals surface area contributed by atoms with Crippen molar-refractivity contribution in [1.29, 1.82) is 0 Å². The second-order valence-corrected chi connectivity index (χ2v) is 7.07. The molecule has 0 unspecified atom stereocenters. The van der Waals surface area contributed by atoms with E-state index < -0.39 is 0 Å². The summed E-state index contributed by atoms with van der Waals surface area (Å²) in [5.41, 5.74) is 3.12. The van der Waals surface area contributed by atoms with Crippen LogP contribution in [0.1, 0.15) is 10.5 Å². The largest absolute Gasteiger partial charge is 0.369 e. The number of hydrogen-bond acceptors (Lipinski definition) is 6. The first kappa shape index (κ1) is 18.9. The van der Waals surface area contributed by atoms with Gasteiger partial charge in [-0.05, 0) is 43.4 Å². The number of carbonyl (C=O) groups excluding carboxylic acids is 1. The van der Waals surface area contributed by atoms with Gasteiger partial charge in [-0.3, -0.25) is 4.79 Å². The third-order valence-electron chi connectivity index (χ3n) is 4.94. The Hall–Kier alpha value is -3.45. The van der Waals surface area contributed by atoms with Gasteiger partial charge >= 0.3 is 0 Å². The average molecular weight is 388 g/mol. The van der Waals surface area contributed by atoms with Gasteiger partial charge in [0.15, 0.2) is 0 Å². The van der Waals surface area contributed by atoms with Crippen molar-refractivity contribution in [3.05, 3.63) is 72.7 Å². The van der Waals surface area contributed by atoms with Gasteiger partial charge < -0.3 is 20.4 Å². The minimum atomic E-state index is -0.268. The zero-order valence-electron chi connectivity index (χ0n) is 16.4. The van der Waals surface area contributed by atoms with Crippen LogP contribution in [0.25, 0.3) is 0 Å². The molecule has 1 aliphatic rings. The van der Waals surface area contributed by atoms with E-state index in [0.29, 0.717) is 11.5 Å². The minimum absolute atomic E-state index is 0.268. The van der Waals surface area contributed by atoms with Crippen molar-refractivity contribution in [2.75, 3.05) is 48.8 Å². The molecule has 1 saturated heterocycles. The fourth-order valence-corrected chi connectivity index (χ4v) is 3.23. The van der Waals surface area contributed by atoms with E-state index in [-0.39, 0.29) is 5.91 Å². The van der Waals surface area contributed by atoms with E-state index in [9.17, 15) is 4.79 Å². The number of para-hydroxylation sites is 1. The molecule has 0 saturated carbocycles. The van der Waals surface area contributed by atoms with Crippen LogP contribution < -0.4 is 15.5 Å². The molecule has 2 N–H and O–H groups in total. The number of hydrogen-bond donors (Lipinski definition) is 2. The molecule has 29 heavy (non-hydrogen) atoms. The molecule has 1 fully saturated rings. The van der Waals surface area contributed by atoms with Crippen molar-refractivity contribution in [3.63, 3.8) is 0 Å². The molecule has 148 valence electrons. The van der Waals surface area contributed by atoms with E-state index in [1.54, 1.807) is 6.07 Å². The van der Waals surface area contributed by atoms with Crippen LogP contribution in [0, 0.1) is 0 Å². The number of nitrogens with one attached hydrogen (secondary N) is 2. The van der Waals surface area contributed by atoms with E-state index in [4.69, 9.17) is 0 Å². The van der Waals surface area contributed by atoms with Crippen molar-refractivity contribution in [2.45, 2.75) is 0 Å². The maximum atomic E-state index is 12.6. The van der Waals surface area contributed by atoms with Gasteiger partial charge in [-0.1, -0.05) is 18.2 Å². The molecule has 0 bridgehead atoms. The van der Waals surface area contributed by atoms with Crippen LogP contribution in [0.3, 0.4) is 0 Å². The molecular weight excluding hydrogens is 364 g/mol. The Morgan fingerprint density at radius 1 is 0.897 bits per heavy atom. The van der Waals surface area contributed by atoms with Gasteiger partial charge in [-0.2, -0.15) is 0 Å². The standard InChI is InChI=1S/C22H24N6O/c1-27-11-13-28(14-12-27)19-9-7-18(8-10-19)26-22(29)20-15-21(24-16-23-20)25-17-5-3-2-4-6-17/h2-10,15-16H,11-14H2,1H3,(H,26,29)(H,23,24,25). The predicted molar refractivity (Wildman–Crippen MR) is 116 cm³/mol. The Labute approximate surface area is 170 Å². The highest BCUT2D eigenvalue weighted by Gasteiger charge is 2.14. The number of aromatic nitrogens is 2. The van der Waals surface area contributed by atoms with Crippen molar-refractivity contribution in [1.82, 2.24) is 14.9 Å². The number of rotatable bonds is 5. The van der Waals surface area contributed by atoms with Gasteiger partial charge in [-0.25, -0.2) is 9.97 Å². The lowest BCUT2D eigenvalue weighted by atomic mass is 10.2. The highest BCUT2D eigenvalue weighted by atomic mass is 16.1. The van der Waals surface area contributed by atoms with E-state index in [2.05, 4.69) is 37.4 Å². The summed E-state index contributed by atoms with van der Waals surface area (Å²) in [4.78, 5) is 25.6. The Bertz CT molecular complexity index is 953. The lowest BCUT2D eigenvalue weighted by molar-refractivity contribution is 0.102. The Kier molecular flexibility index (Phi) is 5.67. The summed E-state index contributed by atoms with van der Waals surface area (Å²) in [7, 11) is 2.14. The van der Waals surface area contributed by atoms with Crippen LogP contribution in [-0.4, -0.2) is 54.0 Å². The van der Waals surface area contributed by atoms with Gasteiger partial charge in [0, 0.05) is 49.3 Å². The summed E-state index contributed by atoms with van der Waals surface area (Å²) in [5.74, 6) is 0.303. The van der Waals surface area contributed by atoms with E-state index >= 15 is 0 Å². The van der Waals surface area contributed by atoms with Crippen LogP contribution in [0.2, 0.25) is 0 Å². The number of likely N-dealkylation sites (N-methyl/N-ethyl adjacent to an activating group) is 1. The molecule has 0 atom stereocenters. The zero-order chi connectivity index (χ0) is 20.1. The Morgan fingerprint density at radius 2 is 1.62 bits per heavy atom. The van der Waals surface area contributed by atoms with Crippen molar-refractivity contribution in [2.24, 2.45) is 0 Å². The molecule has 1 aliphatic heterocycles. The molecule has 0 aliphatic carbocycles. The molecular formula is C22H24N6O. The van der Waals surface area contributed by atoms with Gasteiger partial charge in [0.25, 0.3) is 5.91 Å². The summed E-state index contributed by atoms with van der Waals surface area (Å²) in [6.07, 6.45) is 1.39. The van der Waals surface area contributed by atoms with Crippen LogP contribution >= 0.6 is 0 Å². The summed E-state index contributed by atoms with van der Waals surface area (Å²) >= 11 is 0. The molecule has 1 aromatic heterocycles. The Balaban J connectivity index is 1.39. The summed E-state index contributed by atoms with van der Waals surface area (Å²) in [6.45, 7) is 4.15. The number of carbonyl (C=O) groups is 1. The second kappa shape index (κ2) is 8.70. The van der Waals surface area contributed by atoms with Crippen LogP contribution in [0.5, 0.6) is 0 Å². The normalized spacial score (nSPS) is 14.4. The number of amides is 1. The number of benzene rings is 2. The SMILES string of the molecule is CN1CCN(c2ccc(NC(=O)c3cc(Nc4ccccc4)ncn3)cc2)CC1. The van der Waals surface area contributed by atoms with Crippen LogP contribution in [0.4, 0.5) is 22.9 Å². The highest BCUT2D eigenvalue weighted by Crippen LogP contribution is 2.20. The topological polar surface area (TPSA) is 73.4 Å². The molecule has 2 aromatic carbocycles. The Morgan fingerprint density at radius 3 is 2.34 bits per heavy atom. The highest BCUT2D eigenvalue weighted by molar-refractivity contribution is 6.03. The monoisotopic (exact) mass is 388 g/mol. The fraction of sp³-hybridized carbons (Fsp3) is 0.227. The quantitative estimate of drug-likeness (QED) is 0.699. The molecule has 7 nitrogen and oxygen atoms in total. The van der Waals surface area contributed by atoms with Gasteiger partial charge in [-0.15, -0.1) is 0 Å².